The van der Waals surface area contributed by atoms with E-state index in [1.54, 1.807) is 14.2 Å². The van der Waals surface area contributed by atoms with Crippen LogP contribution in [-0.4, -0.2) is 70.3 Å². The second kappa shape index (κ2) is 7.81. The maximum atomic E-state index is 5.64. The first-order valence-corrected chi connectivity index (χ1v) is 7.90. The standard InChI is InChI=1S/C17H29N3O2/c1-13-11-18-8-9-20(13)16(12-19(2)3)15-7-6-14(21-4)10-17(15)22-5/h6-7,10,13,16,18H,8-9,11-12H2,1-5H3. The average Bonchev–Trinajstić information content (AvgIpc) is 2.52. The van der Waals surface area contributed by atoms with Crippen LogP contribution in [0.5, 0.6) is 11.5 Å². The molecule has 0 aromatic heterocycles. The normalized spacial score (nSPS) is 20.9. The Balaban J connectivity index is 2.35. The summed E-state index contributed by atoms with van der Waals surface area (Å²) in [7, 11) is 7.65. The fourth-order valence-electron chi connectivity index (χ4n) is 3.14. The Hall–Kier alpha value is -1.30. The Kier molecular flexibility index (Phi) is 6.06. The van der Waals surface area contributed by atoms with Crippen LogP contribution in [0.2, 0.25) is 0 Å². The minimum atomic E-state index is 0.313. The van der Waals surface area contributed by atoms with Gasteiger partial charge in [-0.15, -0.1) is 0 Å². The summed E-state index contributed by atoms with van der Waals surface area (Å²) in [5, 5.41) is 3.46. The van der Waals surface area contributed by atoms with Crippen LogP contribution in [-0.2, 0) is 0 Å². The van der Waals surface area contributed by atoms with Crippen molar-refractivity contribution >= 4 is 0 Å². The largest absolute Gasteiger partial charge is 0.497 e. The zero-order chi connectivity index (χ0) is 16.1. The van der Waals surface area contributed by atoms with E-state index in [4.69, 9.17) is 9.47 Å². The number of rotatable bonds is 6. The molecule has 0 aliphatic carbocycles. The second-order valence-electron chi connectivity index (χ2n) is 6.18. The summed E-state index contributed by atoms with van der Waals surface area (Å²) in [5.74, 6) is 1.73. The predicted octanol–water partition coefficient (Wildman–Crippen LogP) is 1.60. The molecule has 1 N–H and O–H groups in total. The Morgan fingerprint density at radius 2 is 2.09 bits per heavy atom. The van der Waals surface area contributed by atoms with Gasteiger partial charge in [0.15, 0.2) is 0 Å². The molecule has 1 aliphatic heterocycles. The third-order valence-electron chi connectivity index (χ3n) is 4.29. The van der Waals surface area contributed by atoms with Crippen LogP contribution < -0.4 is 14.8 Å². The first-order chi connectivity index (χ1) is 10.6. The van der Waals surface area contributed by atoms with Crippen molar-refractivity contribution in [2.45, 2.75) is 19.0 Å². The molecule has 124 valence electrons. The molecular weight excluding hydrogens is 278 g/mol. The van der Waals surface area contributed by atoms with E-state index in [-0.39, 0.29) is 0 Å². The van der Waals surface area contributed by atoms with Gasteiger partial charge in [0, 0.05) is 43.9 Å². The zero-order valence-corrected chi connectivity index (χ0v) is 14.4. The van der Waals surface area contributed by atoms with Crippen molar-refractivity contribution in [2.75, 3.05) is 54.5 Å². The first-order valence-electron chi connectivity index (χ1n) is 7.90. The van der Waals surface area contributed by atoms with Gasteiger partial charge < -0.3 is 19.7 Å². The molecule has 5 nitrogen and oxygen atoms in total. The highest BCUT2D eigenvalue weighted by molar-refractivity contribution is 5.43. The van der Waals surface area contributed by atoms with Crippen LogP contribution in [0.1, 0.15) is 18.5 Å². The lowest BCUT2D eigenvalue weighted by Gasteiger charge is -2.41. The molecule has 1 saturated heterocycles. The number of benzene rings is 1. The van der Waals surface area contributed by atoms with Gasteiger partial charge in [-0.1, -0.05) is 6.07 Å². The maximum Gasteiger partial charge on any atom is 0.127 e. The molecule has 0 radical (unpaired) electrons. The predicted molar refractivity (Wildman–Crippen MR) is 89.9 cm³/mol. The Morgan fingerprint density at radius 1 is 1.32 bits per heavy atom. The minimum absolute atomic E-state index is 0.313. The summed E-state index contributed by atoms with van der Waals surface area (Å²) in [6, 6.07) is 6.96. The Labute approximate surface area is 134 Å². The number of ether oxygens (including phenoxy) is 2. The maximum absolute atomic E-state index is 5.64. The van der Waals surface area contributed by atoms with Gasteiger partial charge in [-0.25, -0.2) is 0 Å². The van der Waals surface area contributed by atoms with Crippen molar-refractivity contribution in [3.05, 3.63) is 23.8 Å². The lowest BCUT2D eigenvalue weighted by molar-refractivity contribution is 0.0951. The lowest BCUT2D eigenvalue weighted by atomic mass is 10.00. The number of hydrogen-bond acceptors (Lipinski definition) is 5. The molecule has 1 heterocycles. The van der Waals surface area contributed by atoms with Crippen molar-refractivity contribution in [1.29, 1.82) is 0 Å². The topological polar surface area (TPSA) is 37.0 Å². The second-order valence-corrected chi connectivity index (χ2v) is 6.18. The molecule has 2 unspecified atom stereocenters. The summed E-state index contributed by atoms with van der Waals surface area (Å²) in [4.78, 5) is 4.81. The number of piperazine rings is 1. The van der Waals surface area contributed by atoms with Gasteiger partial charge in [0.1, 0.15) is 11.5 Å². The van der Waals surface area contributed by atoms with Crippen molar-refractivity contribution in [1.82, 2.24) is 15.1 Å². The Morgan fingerprint density at radius 3 is 2.68 bits per heavy atom. The average molecular weight is 307 g/mol. The monoisotopic (exact) mass is 307 g/mol. The van der Waals surface area contributed by atoms with Crippen molar-refractivity contribution in [2.24, 2.45) is 0 Å². The van der Waals surface area contributed by atoms with Gasteiger partial charge >= 0.3 is 0 Å². The zero-order valence-electron chi connectivity index (χ0n) is 14.4. The van der Waals surface area contributed by atoms with E-state index < -0.39 is 0 Å². The molecule has 5 heteroatoms. The Bertz CT molecular complexity index is 479. The van der Waals surface area contributed by atoms with E-state index in [2.05, 4.69) is 42.2 Å². The fourth-order valence-corrected chi connectivity index (χ4v) is 3.14. The summed E-state index contributed by atoms with van der Waals surface area (Å²) in [5.41, 5.74) is 1.23. The van der Waals surface area contributed by atoms with E-state index in [1.807, 2.05) is 12.1 Å². The number of hydrogen-bond donors (Lipinski definition) is 1. The minimum Gasteiger partial charge on any atom is -0.497 e. The lowest BCUT2D eigenvalue weighted by Crippen LogP contribution is -2.52. The van der Waals surface area contributed by atoms with Crippen LogP contribution in [0.3, 0.4) is 0 Å². The molecule has 1 aromatic rings. The van der Waals surface area contributed by atoms with E-state index in [0.717, 1.165) is 37.7 Å². The first kappa shape index (κ1) is 17.1. The molecule has 0 saturated carbocycles. The van der Waals surface area contributed by atoms with E-state index in [0.29, 0.717) is 12.1 Å². The highest BCUT2D eigenvalue weighted by Crippen LogP contribution is 2.34. The van der Waals surface area contributed by atoms with Crippen LogP contribution in [0.4, 0.5) is 0 Å². The number of nitrogens with one attached hydrogen (secondary N) is 1. The molecule has 22 heavy (non-hydrogen) atoms. The van der Waals surface area contributed by atoms with Crippen LogP contribution >= 0.6 is 0 Å². The van der Waals surface area contributed by atoms with Gasteiger partial charge in [0.25, 0.3) is 0 Å². The van der Waals surface area contributed by atoms with Crippen molar-refractivity contribution < 1.29 is 9.47 Å². The molecule has 1 aliphatic rings. The van der Waals surface area contributed by atoms with Gasteiger partial charge in [-0.3, -0.25) is 4.90 Å². The summed E-state index contributed by atoms with van der Waals surface area (Å²) in [6.45, 7) is 6.36. The summed E-state index contributed by atoms with van der Waals surface area (Å²) < 4.78 is 11.0. The van der Waals surface area contributed by atoms with Gasteiger partial charge in [0.2, 0.25) is 0 Å². The van der Waals surface area contributed by atoms with Gasteiger partial charge in [-0.05, 0) is 27.1 Å². The van der Waals surface area contributed by atoms with Crippen LogP contribution in [0.15, 0.2) is 18.2 Å². The number of methoxy groups -OCH3 is 2. The molecular formula is C17H29N3O2. The van der Waals surface area contributed by atoms with Gasteiger partial charge in [-0.2, -0.15) is 0 Å². The quantitative estimate of drug-likeness (QED) is 0.864. The third-order valence-corrected chi connectivity index (χ3v) is 4.29. The molecule has 2 rings (SSSR count). The van der Waals surface area contributed by atoms with E-state index in [1.165, 1.54) is 5.56 Å². The molecule has 0 bridgehead atoms. The highest BCUT2D eigenvalue weighted by Gasteiger charge is 2.29. The molecule has 1 fully saturated rings. The van der Waals surface area contributed by atoms with Gasteiger partial charge in [0.05, 0.1) is 20.3 Å². The van der Waals surface area contributed by atoms with Crippen LogP contribution in [0.25, 0.3) is 0 Å². The molecule has 0 spiro atoms. The van der Waals surface area contributed by atoms with E-state index in [9.17, 15) is 0 Å². The number of nitrogens with zero attached hydrogens (tertiary/aromatic N) is 2. The summed E-state index contributed by atoms with van der Waals surface area (Å²) in [6.07, 6.45) is 0. The molecule has 1 aromatic carbocycles. The van der Waals surface area contributed by atoms with Crippen LogP contribution in [0, 0.1) is 0 Å². The van der Waals surface area contributed by atoms with Crippen molar-refractivity contribution in [3.8, 4) is 11.5 Å². The third kappa shape index (κ3) is 3.91. The molecule has 0 amide bonds. The van der Waals surface area contributed by atoms with Crippen molar-refractivity contribution in [3.63, 3.8) is 0 Å². The smallest absolute Gasteiger partial charge is 0.127 e. The fraction of sp³-hybridized carbons (Fsp3) is 0.647. The highest BCUT2D eigenvalue weighted by atomic mass is 16.5. The number of likely N-dealkylation sites (N-methyl/N-ethyl adjacent to an activating group) is 1. The SMILES string of the molecule is COc1ccc(C(CN(C)C)N2CCNCC2C)c(OC)c1. The van der Waals surface area contributed by atoms with E-state index >= 15 is 0 Å². The molecule has 2 atom stereocenters. The summed E-state index contributed by atoms with van der Waals surface area (Å²) >= 11 is 0.